The fraction of sp³-hybridized carbons (Fsp3) is 0.241. The van der Waals surface area contributed by atoms with E-state index in [9.17, 15) is 19.1 Å². The molecule has 4 aromatic rings. The van der Waals surface area contributed by atoms with E-state index in [1.807, 2.05) is 37.3 Å². The van der Waals surface area contributed by atoms with E-state index in [1.54, 1.807) is 43.8 Å². The maximum Gasteiger partial charge on any atom is 0.326 e. The molecule has 2 heterocycles. The first-order valence-corrected chi connectivity index (χ1v) is 13.2. The number of carboxylic acids is 1. The van der Waals surface area contributed by atoms with Crippen molar-refractivity contribution >= 4 is 29.0 Å². The molecule has 2 aromatic carbocycles. The highest BCUT2D eigenvalue weighted by atomic mass is 32.1. The first-order valence-electron chi connectivity index (χ1n) is 12.4. The van der Waals surface area contributed by atoms with Crippen LogP contribution < -0.4 is 15.4 Å². The van der Waals surface area contributed by atoms with Crippen molar-refractivity contribution < 1.29 is 23.8 Å². The SMILES string of the molecule is CCc1cc(F)cc(C)c1C(=O)NC(Cc1ccc(-c2ncc(CNc3cc(OC)ccn3)s2)cc1)C(=O)O. The Balaban J connectivity index is 1.40. The van der Waals surface area contributed by atoms with Gasteiger partial charge in [-0.1, -0.05) is 31.2 Å². The molecule has 0 spiro atoms. The third-order valence-electron chi connectivity index (χ3n) is 6.20. The van der Waals surface area contributed by atoms with Crippen molar-refractivity contribution in [2.24, 2.45) is 0 Å². The van der Waals surface area contributed by atoms with Crippen molar-refractivity contribution in [1.29, 1.82) is 0 Å². The maximum absolute atomic E-state index is 13.8. The number of halogens is 1. The zero-order valence-electron chi connectivity index (χ0n) is 21.8. The third-order valence-corrected chi connectivity index (χ3v) is 7.24. The zero-order valence-corrected chi connectivity index (χ0v) is 22.6. The van der Waals surface area contributed by atoms with E-state index in [0.717, 1.165) is 26.8 Å². The summed E-state index contributed by atoms with van der Waals surface area (Å²) < 4.78 is 19.0. The highest BCUT2D eigenvalue weighted by Crippen LogP contribution is 2.27. The minimum absolute atomic E-state index is 0.101. The average Bonchev–Trinajstić information content (AvgIpc) is 3.40. The number of methoxy groups -OCH3 is 1. The van der Waals surface area contributed by atoms with Crippen LogP contribution in [0.1, 0.15) is 38.8 Å². The van der Waals surface area contributed by atoms with Crippen molar-refractivity contribution in [2.75, 3.05) is 12.4 Å². The summed E-state index contributed by atoms with van der Waals surface area (Å²) in [7, 11) is 1.61. The van der Waals surface area contributed by atoms with Gasteiger partial charge in [0.2, 0.25) is 0 Å². The number of aliphatic carboxylic acids is 1. The molecule has 10 heteroatoms. The van der Waals surface area contributed by atoms with Gasteiger partial charge in [-0.15, -0.1) is 11.3 Å². The molecule has 8 nitrogen and oxygen atoms in total. The van der Waals surface area contributed by atoms with Gasteiger partial charge in [0.25, 0.3) is 5.91 Å². The summed E-state index contributed by atoms with van der Waals surface area (Å²) in [5, 5.41) is 16.5. The van der Waals surface area contributed by atoms with Crippen LogP contribution in [0.5, 0.6) is 5.75 Å². The van der Waals surface area contributed by atoms with Crippen LogP contribution in [-0.4, -0.2) is 40.1 Å². The molecule has 0 saturated heterocycles. The number of thiazole rings is 1. The normalized spacial score (nSPS) is 11.6. The van der Waals surface area contributed by atoms with Crippen LogP contribution >= 0.6 is 11.3 Å². The van der Waals surface area contributed by atoms with Crippen molar-refractivity contribution in [2.45, 2.75) is 39.3 Å². The molecule has 0 radical (unpaired) electrons. The van der Waals surface area contributed by atoms with Crippen LogP contribution in [0.2, 0.25) is 0 Å². The van der Waals surface area contributed by atoms with Crippen LogP contribution in [0.25, 0.3) is 10.6 Å². The average molecular weight is 549 g/mol. The lowest BCUT2D eigenvalue weighted by Crippen LogP contribution is -2.42. The topological polar surface area (TPSA) is 113 Å². The van der Waals surface area contributed by atoms with Gasteiger partial charge in [0.1, 0.15) is 28.4 Å². The van der Waals surface area contributed by atoms with Crippen molar-refractivity contribution in [3.8, 4) is 16.3 Å². The lowest BCUT2D eigenvalue weighted by Gasteiger charge is -2.17. The molecule has 0 saturated carbocycles. The summed E-state index contributed by atoms with van der Waals surface area (Å²) in [5.74, 6) is -0.671. The van der Waals surface area contributed by atoms with Crippen LogP contribution in [0.15, 0.2) is 60.9 Å². The Kier molecular flexibility index (Phi) is 8.88. The van der Waals surface area contributed by atoms with Crippen LogP contribution in [0.4, 0.5) is 10.2 Å². The predicted molar refractivity (Wildman–Crippen MR) is 149 cm³/mol. The van der Waals surface area contributed by atoms with Gasteiger partial charge in [-0.2, -0.15) is 0 Å². The van der Waals surface area contributed by atoms with Gasteiger partial charge in [0, 0.05) is 40.9 Å². The summed E-state index contributed by atoms with van der Waals surface area (Å²) in [4.78, 5) is 34.7. The minimum Gasteiger partial charge on any atom is -0.497 e. The summed E-state index contributed by atoms with van der Waals surface area (Å²) in [6.45, 7) is 4.02. The van der Waals surface area contributed by atoms with Crippen molar-refractivity contribution in [1.82, 2.24) is 15.3 Å². The molecule has 4 rings (SSSR count). The molecule has 1 unspecified atom stereocenters. The number of hydrogen-bond acceptors (Lipinski definition) is 7. The van der Waals surface area contributed by atoms with Gasteiger partial charge in [-0.05, 0) is 48.2 Å². The standard InChI is InChI=1S/C29H29FN4O4S/c1-4-19-13-21(30)11-17(2)26(19)27(35)34-24(29(36)37)12-18-5-7-20(8-6-18)28-33-16-23(39-28)15-32-25-14-22(38-3)9-10-31-25/h5-11,13-14,16,24H,4,12,15H2,1-3H3,(H,31,32)(H,34,35)(H,36,37). The number of ether oxygens (including phenoxy) is 1. The van der Waals surface area contributed by atoms with Crippen LogP contribution in [0, 0.1) is 12.7 Å². The first-order chi connectivity index (χ1) is 18.8. The van der Waals surface area contributed by atoms with Crippen LogP contribution in [-0.2, 0) is 24.2 Å². The van der Waals surface area contributed by atoms with Gasteiger partial charge in [0.05, 0.1) is 13.7 Å². The summed E-state index contributed by atoms with van der Waals surface area (Å²) >= 11 is 1.54. The molecule has 0 bridgehead atoms. The lowest BCUT2D eigenvalue weighted by molar-refractivity contribution is -0.139. The molecule has 1 amide bonds. The van der Waals surface area contributed by atoms with E-state index < -0.39 is 23.7 Å². The molecular weight excluding hydrogens is 519 g/mol. The van der Waals surface area contributed by atoms with Crippen LogP contribution in [0.3, 0.4) is 0 Å². The van der Waals surface area contributed by atoms with Gasteiger partial charge in [-0.25, -0.2) is 19.2 Å². The molecule has 202 valence electrons. The van der Waals surface area contributed by atoms with E-state index >= 15 is 0 Å². The van der Waals surface area contributed by atoms with E-state index in [4.69, 9.17) is 4.74 Å². The zero-order chi connectivity index (χ0) is 27.9. The highest BCUT2D eigenvalue weighted by molar-refractivity contribution is 7.15. The number of aryl methyl sites for hydroxylation is 2. The summed E-state index contributed by atoms with van der Waals surface area (Å²) in [6, 6.07) is 12.5. The number of rotatable bonds is 11. The highest BCUT2D eigenvalue weighted by Gasteiger charge is 2.24. The number of nitrogens with zero attached hydrogens (tertiary/aromatic N) is 2. The van der Waals surface area contributed by atoms with E-state index in [1.165, 1.54) is 12.1 Å². The van der Waals surface area contributed by atoms with Gasteiger partial charge in [-0.3, -0.25) is 4.79 Å². The second-order valence-electron chi connectivity index (χ2n) is 8.94. The Hall–Kier alpha value is -4.31. The number of amides is 1. The van der Waals surface area contributed by atoms with E-state index in [0.29, 0.717) is 35.5 Å². The number of hydrogen-bond donors (Lipinski definition) is 3. The Morgan fingerprint density at radius 3 is 2.59 bits per heavy atom. The Bertz CT molecular complexity index is 1470. The molecular formula is C29H29FN4O4S. The first kappa shape index (κ1) is 27.7. The molecule has 0 aliphatic carbocycles. The quantitative estimate of drug-likeness (QED) is 0.234. The van der Waals surface area contributed by atoms with Gasteiger partial charge in [0.15, 0.2) is 0 Å². The Morgan fingerprint density at radius 2 is 1.90 bits per heavy atom. The summed E-state index contributed by atoms with van der Waals surface area (Å²) in [6.07, 6.45) is 4.03. The van der Waals surface area contributed by atoms with Crippen molar-refractivity contribution in [3.05, 3.63) is 93.9 Å². The number of nitrogens with one attached hydrogen (secondary N) is 2. The fourth-order valence-electron chi connectivity index (χ4n) is 4.20. The molecule has 39 heavy (non-hydrogen) atoms. The number of aromatic nitrogens is 2. The smallest absolute Gasteiger partial charge is 0.326 e. The number of anilines is 1. The number of carboxylic acid groups (broad SMARTS) is 1. The third kappa shape index (κ3) is 6.97. The number of benzene rings is 2. The Labute approximate surface area is 229 Å². The van der Waals surface area contributed by atoms with Gasteiger partial charge < -0.3 is 20.5 Å². The number of carbonyl (C=O) groups excluding carboxylic acids is 1. The molecule has 0 aliphatic rings. The van der Waals surface area contributed by atoms with E-state index in [2.05, 4.69) is 20.6 Å². The minimum atomic E-state index is -1.15. The second kappa shape index (κ2) is 12.5. The summed E-state index contributed by atoms with van der Waals surface area (Å²) in [5.41, 5.74) is 2.98. The molecule has 0 aliphatic heterocycles. The molecule has 3 N–H and O–H groups in total. The molecule has 2 aromatic heterocycles. The molecule has 1 atom stereocenters. The monoisotopic (exact) mass is 548 g/mol. The number of carbonyl (C=O) groups is 2. The lowest BCUT2D eigenvalue weighted by atomic mass is 9.98. The number of pyridine rings is 1. The Morgan fingerprint density at radius 1 is 1.13 bits per heavy atom. The molecule has 0 fully saturated rings. The second-order valence-corrected chi connectivity index (χ2v) is 10.1. The predicted octanol–water partition coefficient (Wildman–Crippen LogP) is 5.26. The fourth-order valence-corrected chi connectivity index (χ4v) is 5.06. The van der Waals surface area contributed by atoms with Crippen molar-refractivity contribution in [3.63, 3.8) is 0 Å². The largest absolute Gasteiger partial charge is 0.497 e. The maximum atomic E-state index is 13.8. The van der Waals surface area contributed by atoms with Gasteiger partial charge >= 0.3 is 5.97 Å². The van der Waals surface area contributed by atoms with E-state index in [-0.39, 0.29) is 6.42 Å².